The Labute approximate surface area is 138 Å². The van der Waals surface area contributed by atoms with Crippen LogP contribution in [0.25, 0.3) is 0 Å². The lowest BCUT2D eigenvalue weighted by atomic mass is 9.94. The van der Waals surface area contributed by atoms with Crippen molar-refractivity contribution >= 4 is 23.6 Å². The minimum absolute atomic E-state index is 0.126. The van der Waals surface area contributed by atoms with Crippen LogP contribution in [0.5, 0.6) is 0 Å². The highest BCUT2D eigenvalue weighted by atomic mass is 32.2. The zero-order chi connectivity index (χ0) is 16.7. The molecule has 1 amide bonds. The van der Waals surface area contributed by atoms with Crippen molar-refractivity contribution in [2.45, 2.75) is 24.1 Å². The molecule has 1 unspecified atom stereocenters. The van der Waals surface area contributed by atoms with Gasteiger partial charge in [-0.05, 0) is 24.1 Å². The summed E-state index contributed by atoms with van der Waals surface area (Å²) in [6.07, 6.45) is 0.393. The first-order valence-electron chi connectivity index (χ1n) is 7.20. The van der Waals surface area contributed by atoms with Crippen LogP contribution in [0.3, 0.4) is 0 Å². The monoisotopic (exact) mass is 334 g/mol. The van der Waals surface area contributed by atoms with E-state index in [1.165, 1.54) is 11.8 Å². The Kier molecular flexibility index (Phi) is 6.02. The first-order chi connectivity index (χ1) is 11.0. The summed E-state index contributed by atoms with van der Waals surface area (Å²) in [5, 5.41) is 20.5. The van der Waals surface area contributed by atoms with E-state index in [0.717, 1.165) is 5.56 Å². The van der Waals surface area contributed by atoms with Gasteiger partial charge in [-0.3, -0.25) is 9.59 Å². The molecule has 1 saturated heterocycles. The third-order valence-electron chi connectivity index (χ3n) is 3.58. The van der Waals surface area contributed by atoms with Gasteiger partial charge in [0.25, 0.3) is 0 Å². The Balaban J connectivity index is 1.79. The highest BCUT2D eigenvalue weighted by Crippen LogP contribution is 2.23. The summed E-state index contributed by atoms with van der Waals surface area (Å²) in [5.41, 5.74) is 0.859. The summed E-state index contributed by atoms with van der Waals surface area (Å²) >= 11 is 1.45. The number of aliphatic carboxylic acids is 1. The molecule has 0 spiro atoms. The molecule has 1 aromatic rings. The van der Waals surface area contributed by atoms with E-state index in [1.807, 2.05) is 12.1 Å². The van der Waals surface area contributed by atoms with Crippen LogP contribution in [0.4, 0.5) is 0 Å². The van der Waals surface area contributed by atoms with Crippen LogP contribution >= 0.6 is 11.8 Å². The Bertz CT molecular complexity index is 604. The van der Waals surface area contributed by atoms with E-state index in [2.05, 4.69) is 11.4 Å². The van der Waals surface area contributed by atoms with Crippen molar-refractivity contribution in [3.05, 3.63) is 35.4 Å². The Morgan fingerprint density at radius 2 is 2.13 bits per heavy atom. The second kappa shape index (κ2) is 7.99. The molecule has 0 aliphatic carbocycles. The molecule has 1 fully saturated rings. The van der Waals surface area contributed by atoms with Crippen LogP contribution in [0.1, 0.15) is 24.0 Å². The van der Waals surface area contributed by atoms with Gasteiger partial charge < -0.3 is 15.2 Å². The molecular formula is C16H18N2O4S. The minimum Gasteiger partial charge on any atom is -0.481 e. The number of thioether (sulfide) groups is 1. The molecule has 0 aromatic heterocycles. The quantitative estimate of drug-likeness (QED) is 0.785. The third-order valence-corrected chi connectivity index (χ3v) is 4.59. The Morgan fingerprint density at radius 3 is 2.70 bits per heavy atom. The van der Waals surface area contributed by atoms with Crippen LogP contribution in [-0.2, 0) is 20.1 Å². The summed E-state index contributed by atoms with van der Waals surface area (Å²) < 4.78 is 5.25. The predicted molar refractivity (Wildman–Crippen MR) is 85.9 cm³/mol. The number of amides is 1. The average Bonchev–Trinajstić information content (AvgIpc) is 2.95. The first kappa shape index (κ1) is 17.3. The lowest BCUT2D eigenvalue weighted by Crippen LogP contribution is -2.51. The van der Waals surface area contributed by atoms with E-state index >= 15 is 0 Å². The summed E-state index contributed by atoms with van der Waals surface area (Å²) in [7, 11) is 0. The number of nitriles is 1. The van der Waals surface area contributed by atoms with Crippen molar-refractivity contribution in [2.75, 3.05) is 19.0 Å². The Hall–Kier alpha value is -2.04. The number of rotatable bonds is 7. The molecule has 7 heteroatoms. The maximum Gasteiger partial charge on any atom is 0.305 e. The molecule has 6 nitrogen and oxygen atoms in total. The van der Waals surface area contributed by atoms with Gasteiger partial charge in [-0.25, -0.2) is 0 Å². The van der Waals surface area contributed by atoms with E-state index in [1.54, 1.807) is 12.1 Å². The smallest absolute Gasteiger partial charge is 0.305 e. The van der Waals surface area contributed by atoms with Crippen LogP contribution in [-0.4, -0.2) is 41.5 Å². The standard InChI is InChI=1S/C16H18N2O4S/c17-8-12-1-3-13(4-2-12)9-23-10-14(19)18-16(7-15(20)21)5-6-22-11-16/h1-4H,5-7,9-11H2,(H,18,19)(H,20,21). The predicted octanol–water partition coefficient (Wildman–Crippen LogP) is 1.54. The van der Waals surface area contributed by atoms with Crippen molar-refractivity contribution in [2.24, 2.45) is 0 Å². The van der Waals surface area contributed by atoms with Crippen LogP contribution < -0.4 is 5.32 Å². The minimum atomic E-state index is -0.943. The summed E-state index contributed by atoms with van der Waals surface area (Å²) in [4.78, 5) is 23.0. The molecule has 1 aromatic carbocycles. The van der Waals surface area contributed by atoms with Crippen molar-refractivity contribution < 1.29 is 19.4 Å². The SMILES string of the molecule is N#Cc1ccc(CSCC(=O)NC2(CC(=O)O)CCOC2)cc1. The highest BCUT2D eigenvalue weighted by molar-refractivity contribution is 7.99. The van der Waals surface area contributed by atoms with Gasteiger partial charge in [-0.1, -0.05) is 12.1 Å². The molecule has 0 radical (unpaired) electrons. The van der Waals surface area contributed by atoms with Crippen molar-refractivity contribution in [3.63, 3.8) is 0 Å². The van der Waals surface area contributed by atoms with Crippen LogP contribution in [0.15, 0.2) is 24.3 Å². The second-order valence-electron chi connectivity index (χ2n) is 5.50. The number of benzene rings is 1. The molecular weight excluding hydrogens is 316 g/mol. The number of carboxylic acids is 1. The molecule has 1 aliphatic heterocycles. The first-order valence-corrected chi connectivity index (χ1v) is 8.36. The number of carboxylic acid groups (broad SMARTS) is 1. The van der Waals surface area contributed by atoms with Gasteiger partial charge in [0.1, 0.15) is 0 Å². The number of carbonyl (C=O) groups excluding carboxylic acids is 1. The molecule has 1 aliphatic rings. The lowest BCUT2D eigenvalue weighted by molar-refractivity contribution is -0.139. The van der Waals surface area contributed by atoms with Gasteiger partial charge in [0.15, 0.2) is 0 Å². The van der Waals surface area contributed by atoms with E-state index in [9.17, 15) is 9.59 Å². The molecule has 1 atom stereocenters. The van der Waals surface area contributed by atoms with E-state index in [0.29, 0.717) is 24.3 Å². The van der Waals surface area contributed by atoms with E-state index in [-0.39, 0.29) is 24.7 Å². The zero-order valence-electron chi connectivity index (χ0n) is 12.6. The van der Waals surface area contributed by atoms with Crippen LogP contribution in [0, 0.1) is 11.3 Å². The van der Waals surface area contributed by atoms with Gasteiger partial charge in [-0.15, -0.1) is 11.8 Å². The highest BCUT2D eigenvalue weighted by Gasteiger charge is 2.38. The van der Waals surface area contributed by atoms with Gasteiger partial charge in [-0.2, -0.15) is 5.26 Å². The molecule has 2 rings (SSSR count). The fourth-order valence-corrected chi connectivity index (χ4v) is 3.24. The number of carbonyl (C=O) groups is 2. The van der Waals surface area contributed by atoms with Crippen molar-refractivity contribution in [1.29, 1.82) is 5.26 Å². The maximum atomic E-state index is 12.1. The fraction of sp³-hybridized carbons (Fsp3) is 0.438. The summed E-state index contributed by atoms with van der Waals surface area (Å²) in [6.45, 7) is 0.706. The summed E-state index contributed by atoms with van der Waals surface area (Å²) in [6, 6.07) is 9.27. The molecule has 0 bridgehead atoms. The van der Waals surface area contributed by atoms with Gasteiger partial charge in [0, 0.05) is 12.4 Å². The van der Waals surface area contributed by atoms with Crippen molar-refractivity contribution in [1.82, 2.24) is 5.32 Å². The topological polar surface area (TPSA) is 99.4 Å². The van der Waals surface area contributed by atoms with Crippen LogP contribution in [0.2, 0.25) is 0 Å². The van der Waals surface area contributed by atoms with Gasteiger partial charge in [0.05, 0.1) is 36.0 Å². The van der Waals surface area contributed by atoms with E-state index in [4.69, 9.17) is 15.1 Å². The van der Waals surface area contributed by atoms with Crippen molar-refractivity contribution in [3.8, 4) is 6.07 Å². The largest absolute Gasteiger partial charge is 0.481 e. The zero-order valence-corrected chi connectivity index (χ0v) is 13.4. The number of hydrogen-bond donors (Lipinski definition) is 2. The number of hydrogen-bond acceptors (Lipinski definition) is 5. The molecule has 0 saturated carbocycles. The van der Waals surface area contributed by atoms with Gasteiger partial charge in [0.2, 0.25) is 5.91 Å². The molecule has 122 valence electrons. The Morgan fingerprint density at radius 1 is 1.39 bits per heavy atom. The molecule has 23 heavy (non-hydrogen) atoms. The average molecular weight is 334 g/mol. The fourth-order valence-electron chi connectivity index (χ4n) is 2.45. The normalized spacial score (nSPS) is 20.0. The van der Waals surface area contributed by atoms with E-state index < -0.39 is 11.5 Å². The van der Waals surface area contributed by atoms with Gasteiger partial charge >= 0.3 is 5.97 Å². The lowest BCUT2D eigenvalue weighted by Gasteiger charge is -2.26. The summed E-state index contributed by atoms with van der Waals surface area (Å²) in [5.74, 6) is -0.223. The number of nitrogens with one attached hydrogen (secondary N) is 1. The second-order valence-corrected chi connectivity index (χ2v) is 6.49. The number of ether oxygens (including phenoxy) is 1. The third kappa shape index (κ3) is 5.27. The molecule has 1 heterocycles. The number of nitrogens with zero attached hydrogens (tertiary/aromatic N) is 1. The maximum absolute atomic E-state index is 12.1. The molecule has 2 N–H and O–H groups in total.